The number of amides is 1. The van der Waals surface area contributed by atoms with E-state index < -0.39 is 0 Å². The van der Waals surface area contributed by atoms with E-state index in [4.69, 9.17) is 22.1 Å². The number of carbonyl (C=O) groups is 1. The highest BCUT2D eigenvalue weighted by Crippen LogP contribution is 2.36. The molecule has 0 N–H and O–H groups in total. The summed E-state index contributed by atoms with van der Waals surface area (Å²) in [6.07, 6.45) is 8.40. The largest absolute Gasteiger partial charge is 0.494 e. The molecule has 1 fully saturated rings. The van der Waals surface area contributed by atoms with Crippen molar-refractivity contribution in [2.45, 2.75) is 46.5 Å². The number of unbranched alkanes of at least 4 members (excludes halogenated alkanes) is 1. The van der Waals surface area contributed by atoms with Crippen LogP contribution < -0.4 is 4.74 Å². The topological polar surface area (TPSA) is 47.4 Å². The van der Waals surface area contributed by atoms with Gasteiger partial charge in [0, 0.05) is 23.9 Å². The Hall–Kier alpha value is -2.90. The fraction of sp³-hybridized carbons (Fsp3) is 0.345. The van der Waals surface area contributed by atoms with Gasteiger partial charge in [-0.25, -0.2) is 4.68 Å². The van der Waals surface area contributed by atoms with Crippen molar-refractivity contribution in [1.29, 1.82) is 0 Å². The third-order valence-corrected chi connectivity index (χ3v) is 7.70. The van der Waals surface area contributed by atoms with Crippen molar-refractivity contribution >= 4 is 40.3 Å². The molecule has 0 saturated carbocycles. The number of aromatic nitrogens is 2. The first kappa shape index (κ1) is 26.2. The molecule has 188 valence electrons. The molecule has 0 spiro atoms. The van der Waals surface area contributed by atoms with Gasteiger partial charge in [0.05, 0.1) is 17.2 Å². The molecule has 2 heterocycles. The minimum Gasteiger partial charge on any atom is -0.494 e. The average Bonchev–Trinajstić information content (AvgIpc) is 3.43. The zero-order valence-electron chi connectivity index (χ0n) is 21.1. The van der Waals surface area contributed by atoms with Gasteiger partial charge < -0.3 is 4.74 Å². The molecule has 4 rings (SSSR count). The molecule has 1 atom stereocenters. The summed E-state index contributed by atoms with van der Waals surface area (Å²) in [7, 11) is 0. The normalized spacial score (nSPS) is 15.6. The van der Waals surface area contributed by atoms with Gasteiger partial charge in [-0.3, -0.25) is 9.69 Å². The van der Waals surface area contributed by atoms with Gasteiger partial charge in [-0.1, -0.05) is 87.4 Å². The zero-order chi connectivity index (χ0) is 25.5. The molecule has 0 bridgehead atoms. The highest BCUT2D eigenvalue weighted by molar-refractivity contribution is 8.26. The second kappa shape index (κ2) is 12.4. The van der Waals surface area contributed by atoms with E-state index in [0.29, 0.717) is 28.3 Å². The SMILES string of the molecule is CCCC[C@@H](CC)CN1C(=O)/C(=C/c2cn(-c3ccccc3)nc2-c2cccc(OCC)c2)SC1=S. The second-order valence-corrected chi connectivity index (χ2v) is 10.6. The van der Waals surface area contributed by atoms with Crippen LogP contribution in [0.1, 0.15) is 52.0 Å². The molecular weight excluding hydrogens is 486 g/mol. The Bertz CT molecular complexity index is 1240. The number of benzene rings is 2. The molecule has 7 heteroatoms. The Morgan fingerprint density at radius 1 is 1.11 bits per heavy atom. The van der Waals surface area contributed by atoms with Crippen LogP contribution in [-0.2, 0) is 4.79 Å². The van der Waals surface area contributed by atoms with E-state index in [-0.39, 0.29) is 5.91 Å². The van der Waals surface area contributed by atoms with Crippen LogP contribution in [0.25, 0.3) is 23.0 Å². The Morgan fingerprint density at radius 2 is 1.92 bits per heavy atom. The lowest BCUT2D eigenvalue weighted by molar-refractivity contribution is -0.122. The van der Waals surface area contributed by atoms with Gasteiger partial charge in [-0.2, -0.15) is 5.10 Å². The Balaban J connectivity index is 1.69. The van der Waals surface area contributed by atoms with Gasteiger partial charge >= 0.3 is 0 Å². The average molecular weight is 520 g/mol. The van der Waals surface area contributed by atoms with Gasteiger partial charge in [-0.05, 0) is 49.6 Å². The molecular formula is C29H33N3O2S2. The third kappa shape index (κ3) is 6.08. The molecule has 0 aliphatic carbocycles. The van der Waals surface area contributed by atoms with Gasteiger partial charge in [0.1, 0.15) is 15.8 Å². The van der Waals surface area contributed by atoms with Crippen LogP contribution in [-0.4, -0.2) is 38.1 Å². The first-order chi connectivity index (χ1) is 17.5. The van der Waals surface area contributed by atoms with Crippen molar-refractivity contribution in [3.05, 3.63) is 71.3 Å². The summed E-state index contributed by atoms with van der Waals surface area (Å²) in [6.45, 7) is 7.63. The van der Waals surface area contributed by atoms with Crippen LogP contribution in [0.2, 0.25) is 0 Å². The maximum Gasteiger partial charge on any atom is 0.266 e. The highest BCUT2D eigenvalue weighted by atomic mass is 32.2. The predicted octanol–water partition coefficient (Wildman–Crippen LogP) is 7.36. The maximum atomic E-state index is 13.4. The first-order valence-corrected chi connectivity index (χ1v) is 13.9. The maximum absolute atomic E-state index is 13.4. The summed E-state index contributed by atoms with van der Waals surface area (Å²) in [6, 6.07) is 17.9. The lowest BCUT2D eigenvalue weighted by Crippen LogP contribution is -2.33. The molecule has 0 radical (unpaired) electrons. The van der Waals surface area contributed by atoms with Crippen molar-refractivity contribution in [3.8, 4) is 22.7 Å². The molecule has 36 heavy (non-hydrogen) atoms. The predicted molar refractivity (Wildman–Crippen MR) is 153 cm³/mol. The van der Waals surface area contributed by atoms with Crippen LogP contribution in [0.5, 0.6) is 5.75 Å². The van der Waals surface area contributed by atoms with Crippen molar-refractivity contribution in [2.75, 3.05) is 13.2 Å². The number of hydrogen-bond acceptors (Lipinski definition) is 5. The molecule has 1 aliphatic heterocycles. The van der Waals surface area contributed by atoms with Crippen LogP contribution >= 0.6 is 24.0 Å². The lowest BCUT2D eigenvalue weighted by Gasteiger charge is -2.21. The van der Waals surface area contributed by atoms with Crippen LogP contribution in [0.4, 0.5) is 0 Å². The van der Waals surface area contributed by atoms with E-state index in [0.717, 1.165) is 47.5 Å². The molecule has 1 amide bonds. The zero-order valence-corrected chi connectivity index (χ0v) is 22.8. The van der Waals surface area contributed by atoms with Gasteiger partial charge in [0.15, 0.2) is 0 Å². The van der Waals surface area contributed by atoms with Gasteiger partial charge in [0.2, 0.25) is 0 Å². The summed E-state index contributed by atoms with van der Waals surface area (Å²) in [5.74, 6) is 1.24. The third-order valence-electron chi connectivity index (χ3n) is 6.33. The number of hydrogen-bond donors (Lipinski definition) is 0. The van der Waals surface area contributed by atoms with Gasteiger partial charge in [-0.15, -0.1) is 0 Å². The quantitative estimate of drug-likeness (QED) is 0.196. The van der Waals surface area contributed by atoms with E-state index in [1.54, 1.807) is 4.90 Å². The number of ether oxygens (including phenoxy) is 1. The molecule has 1 aliphatic rings. The second-order valence-electron chi connectivity index (χ2n) is 8.88. The Labute approximate surface area is 223 Å². The number of rotatable bonds is 11. The van der Waals surface area contributed by atoms with Gasteiger partial charge in [0.25, 0.3) is 5.91 Å². The fourth-order valence-corrected chi connectivity index (χ4v) is 5.57. The van der Waals surface area contributed by atoms with Crippen LogP contribution in [0, 0.1) is 5.92 Å². The van der Waals surface area contributed by atoms with Crippen LogP contribution in [0.3, 0.4) is 0 Å². The summed E-state index contributed by atoms with van der Waals surface area (Å²) < 4.78 is 8.21. The number of thioether (sulfide) groups is 1. The Morgan fingerprint density at radius 3 is 2.64 bits per heavy atom. The lowest BCUT2D eigenvalue weighted by atomic mass is 9.99. The molecule has 0 unspecified atom stereocenters. The summed E-state index contributed by atoms with van der Waals surface area (Å²) in [5, 5.41) is 4.90. The minimum absolute atomic E-state index is 0.0126. The smallest absolute Gasteiger partial charge is 0.266 e. The Kier molecular flexibility index (Phi) is 8.99. The molecule has 2 aromatic carbocycles. The summed E-state index contributed by atoms with van der Waals surface area (Å²) >= 11 is 7.01. The van der Waals surface area contributed by atoms with E-state index in [2.05, 4.69) is 13.8 Å². The first-order valence-electron chi connectivity index (χ1n) is 12.7. The molecule has 1 saturated heterocycles. The van der Waals surface area contributed by atoms with Crippen molar-refractivity contribution < 1.29 is 9.53 Å². The van der Waals surface area contributed by atoms with E-state index in [1.807, 2.05) is 78.5 Å². The highest BCUT2D eigenvalue weighted by Gasteiger charge is 2.33. The van der Waals surface area contributed by atoms with Crippen molar-refractivity contribution in [1.82, 2.24) is 14.7 Å². The number of nitrogens with zero attached hydrogens (tertiary/aromatic N) is 3. The number of thiocarbonyl (C=S) groups is 1. The summed E-state index contributed by atoms with van der Waals surface area (Å²) in [5.41, 5.74) is 3.54. The standard InChI is InChI=1S/C29H33N3O2S2/c1-4-7-12-21(5-2)19-31-28(33)26(36-29(31)35)18-23-20-32(24-14-9-8-10-15-24)30-27(23)22-13-11-16-25(17-22)34-6-3/h8-11,13-18,20-21H,4-7,12,19H2,1-3H3/b26-18-/t21-/m1/s1. The molecule has 1 aromatic heterocycles. The van der Waals surface area contributed by atoms with E-state index >= 15 is 0 Å². The molecule has 3 aromatic rings. The van der Waals surface area contributed by atoms with Crippen LogP contribution in [0.15, 0.2) is 65.7 Å². The van der Waals surface area contributed by atoms with Crippen molar-refractivity contribution in [2.24, 2.45) is 5.92 Å². The molecule has 5 nitrogen and oxygen atoms in total. The fourth-order valence-electron chi connectivity index (χ4n) is 4.30. The van der Waals surface area contributed by atoms with Crippen molar-refractivity contribution in [3.63, 3.8) is 0 Å². The monoisotopic (exact) mass is 519 g/mol. The minimum atomic E-state index is -0.0126. The van der Waals surface area contributed by atoms with E-state index in [9.17, 15) is 4.79 Å². The summed E-state index contributed by atoms with van der Waals surface area (Å²) in [4.78, 5) is 15.8. The number of para-hydroxylation sites is 1. The number of carbonyl (C=O) groups excluding carboxylic acids is 1. The van der Waals surface area contributed by atoms with E-state index in [1.165, 1.54) is 18.2 Å².